The molecule has 0 N–H and O–H groups in total. The molecule has 1 aromatic rings. The van der Waals surface area contributed by atoms with Gasteiger partial charge in [-0.05, 0) is 34.1 Å². The lowest BCUT2D eigenvalue weighted by atomic mass is 10.1. The molecule has 0 amide bonds. The van der Waals surface area contributed by atoms with Crippen LogP contribution in [0.5, 0.6) is 5.75 Å². The van der Waals surface area contributed by atoms with E-state index >= 15 is 0 Å². The van der Waals surface area contributed by atoms with Crippen molar-refractivity contribution in [3.63, 3.8) is 0 Å². The lowest BCUT2D eigenvalue weighted by Crippen LogP contribution is -2.25. The maximum atomic E-state index is 13.0. The van der Waals surface area contributed by atoms with Crippen LogP contribution in [0.15, 0.2) is 22.7 Å². The van der Waals surface area contributed by atoms with Gasteiger partial charge in [0, 0.05) is 12.8 Å². The second-order valence-corrected chi connectivity index (χ2v) is 4.36. The third-order valence-electron chi connectivity index (χ3n) is 2.36. The van der Waals surface area contributed by atoms with E-state index in [9.17, 15) is 4.39 Å². The van der Waals surface area contributed by atoms with Gasteiger partial charge >= 0.3 is 0 Å². The fourth-order valence-electron chi connectivity index (χ4n) is 1.54. The van der Waals surface area contributed by atoms with E-state index in [0.29, 0.717) is 10.2 Å². The minimum atomic E-state index is -0.269. The average Bonchev–Trinajstić information content (AvgIpc) is 2.25. The Morgan fingerprint density at radius 3 is 2.73 bits per heavy atom. The average molecular weight is 275 g/mol. The lowest BCUT2D eigenvalue weighted by molar-refractivity contribution is 0.0255. The second-order valence-electron chi connectivity index (χ2n) is 3.51. The van der Waals surface area contributed by atoms with Gasteiger partial charge in [0.2, 0.25) is 0 Å². The van der Waals surface area contributed by atoms with Gasteiger partial charge in [-0.2, -0.15) is 0 Å². The van der Waals surface area contributed by atoms with Crippen molar-refractivity contribution in [2.24, 2.45) is 0 Å². The van der Waals surface area contributed by atoms with Crippen LogP contribution in [0, 0.1) is 5.82 Å². The molecule has 0 radical (unpaired) electrons. The summed E-state index contributed by atoms with van der Waals surface area (Å²) in [5.74, 6) is 0.435. The molecular weight excluding hydrogens is 263 g/mol. The molecule has 1 aliphatic heterocycles. The maximum Gasteiger partial charge on any atom is 0.137 e. The van der Waals surface area contributed by atoms with E-state index in [0.717, 1.165) is 26.1 Å². The monoisotopic (exact) mass is 274 g/mol. The van der Waals surface area contributed by atoms with E-state index in [1.807, 2.05) is 0 Å². The molecule has 0 saturated carbocycles. The Balaban J connectivity index is 2.00. The Hall–Kier alpha value is -0.610. The zero-order valence-corrected chi connectivity index (χ0v) is 9.80. The fraction of sp³-hybridized carbons (Fsp3) is 0.455. The van der Waals surface area contributed by atoms with Crippen molar-refractivity contribution in [1.29, 1.82) is 0 Å². The molecular formula is C11H12BrFO2. The third kappa shape index (κ3) is 2.92. The number of hydrogen-bond donors (Lipinski definition) is 0. The van der Waals surface area contributed by atoms with Crippen LogP contribution in [-0.4, -0.2) is 19.3 Å². The Morgan fingerprint density at radius 2 is 2.07 bits per heavy atom. The molecule has 15 heavy (non-hydrogen) atoms. The van der Waals surface area contributed by atoms with Crippen LogP contribution in [0.4, 0.5) is 4.39 Å². The summed E-state index contributed by atoms with van der Waals surface area (Å²) in [5.41, 5.74) is 0. The number of ether oxygens (including phenoxy) is 2. The Bertz CT molecular complexity index is 337. The number of halogens is 2. The highest BCUT2D eigenvalue weighted by atomic mass is 79.9. The van der Waals surface area contributed by atoms with E-state index in [4.69, 9.17) is 9.47 Å². The Morgan fingerprint density at radius 1 is 1.33 bits per heavy atom. The molecule has 0 aromatic heterocycles. The minimum absolute atomic E-state index is 0.191. The largest absolute Gasteiger partial charge is 0.490 e. The van der Waals surface area contributed by atoms with Gasteiger partial charge in [0.05, 0.1) is 17.7 Å². The fourth-order valence-corrected chi connectivity index (χ4v) is 1.89. The first-order valence-electron chi connectivity index (χ1n) is 4.95. The molecule has 4 heteroatoms. The summed E-state index contributed by atoms with van der Waals surface area (Å²) in [6.45, 7) is 1.49. The van der Waals surface area contributed by atoms with Crippen molar-refractivity contribution < 1.29 is 13.9 Å². The Kier molecular flexibility index (Phi) is 3.59. The quantitative estimate of drug-likeness (QED) is 0.825. The van der Waals surface area contributed by atoms with Crippen LogP contribution in [0.3, 0.4) is 0 Å². The molecule has 0 spiro atoms. The van der Waals surface area contributed by atoms with Crippen LogP contribution in [0.1, 0.15) is 12.8 Å². The third-order valence-corrected chi connectivity index (χ3v) is 2.97. The molecule has 82 valence electrons. The normalized spacial score (nSPS) is 17.7. The van der Waals surface area contributed by atoms with E-state index in [1.165, 1.54) is 6.07 Å². The van der Waals surface area contributed by atoms with E-state index in [-0.39, 0.29) is 11.9 Å². The summed E-state index contributed by atoms with van der Waals surface area (Å²) in [4.78, 5) is 0. The van der Waals surface area contributed by atoms with Gasteiger partial charge < -0.3 is 9.47 Å². The van der Waals surface area contributed by atoms with Gasteiger partial charge in [-0.1, -0.05) is 0 Å². The summed E-state index contributed by atoms with van der Waals surface area (Å²) in [6, 6.07) is 4.71. The molecule has 2 nitrogen and oxygen atoms in total. The van der Waals surface area contributed by atoms with E-state index < -0.39 is 0 Å². The van der Waals surface area contributed by atoms with Crippen LogP contribution < -0.4 is 4.74 Å². The molecule has 1 aromatic carbocycles. The SMILES string of the molecule is Fc1ccc(OC2CCOCC2)cc1Br. The predicted molar refractivity (Wildman–Crippen MR) is 58.6 cm³/mol. The molecule has 1 heterocycles. The van der Waals surface area contributed by atoms with Gasteiger partial charge in [0.15, 0.2) is 0 Å². The molecule has 0 unspecified atom stereocenters. The highest BCUT2D eigenvalue weighted by Gasteiger charge is 2.15. The first kappa shape index (κ1) is 10.9. The summed E-state index contributed by atoms with van der Waals surface area (Å²) in [7, 11) is 0. The topological polar surface area (TPSA) is 18.5 Å². The zero-order chi connectivity index (χ0) is 10.7. The highest BCUT2D eigenvalue weighted by Crippen LogP contribution is 2.24. The van der Waals surface area contributed by atoms with Crippen LogP contribution >= 0.6 is 15.9 Å². The van der Waals surface area contributed by atoms with Gasteiger partial charge in [-0.15, -0.1) is 0 Å². The molecule has 0 atom stereocenters. The van der Waals surface area contributed by atoms with Crippen molar-refractivity contribution in [3.05, 3.63) is 28.5 Å². The van der Waals surface area contributed by atoms with E-state index in [2.05, 4.69) is 15.9 Å². The summed E-state index contributed by atoms with van der Waals surface area (Å²) < 4.78 is 24.3. The minimum Gasteiger partial charge on any atom is -0.490 e. The van der Waals surface area contributed by atoms with Gasteiger partial charge in [0.1, 0.15) is 17.7 Å². The summed E-state index contributed by atoms with van der Waals surface area (Å²) in [6.07, 6.45) is 1.99. The summed E-state index contributed by atoms with van der Waals surface area (Å²) in [5, 5.41) is 0. The maximum absolute atomic E-state index is 13.0. The highest BCUT2D eigenvalue weighted by molar-refractivity contribution is 9.10. The van der Waals surface area contributed by atoms with Gasteiger partial charge in [-0.3, -0.25) is 0 Å². The number of hydrogen-bond acceptors (Lipinski definition) is 2. The van der Waals surface area contributed by atoms with Gasteiger partial charge in [0.25, 0.3) is 0 Å². The van der Waals surface area contributed by atoms with Crippen LogP contribution in [-0.2, 0) is 4.74 Å². The molecule has 1 fully saturated rings. The van der Waals surface area contributed by atoms with Gasteiger partial charge in [-0.25, -0.2) is 4.39 Å². The number of benzene rings is 1. The molecule has 0 aliphatic carbocycles. The molecule has 2 rings (SSSR count). The first-order valence-corrected chi connectivity index (χ1v) is 5.74. The summed E-state index contributed by atoms with van der Waals surface area (Å²) >= 11 is 3.13. The molecule has 1 saturated heterocycles. The van der Waals surface area contributed by atoms with Crippen molar-refractivity contribution in [2.75, 3.05) is 13.2 Å². The van der Waals surface area contributed by atoms with Crippen LogP contribution in [0.2, 0.25) is 0 Å². The Labute approximate surface area is 96.5 Å². The smallest absolute Gasteiger partial charge is 0.137 e. The predicted octanol–water partition coefficient (Wildman–Crippen LogP) is 3.15. The van der Waals surface area contributed by atoms with Crippen molar-refractivity contribution in [1.82, 2.24) is 0 Å². The van der Waals surface area contributed by atoms with Crippen molar-refractivity contribution in [3.8, 4) is 5.75 Å². The van der Waals surface area contributed by atoms with Crippen molar-refractivity contribution >= 4 is 15.9 Å². The van der Waals surface area contributed by atoms with Crippen LogP contribution in [0.25, 0.3) is 0 Å². The van der Waals surface area contributed by atoms with Crippen molar-refractivity contribution in [2.45, 2.75) is 18.9 Å². The molecule has 0 bridgehead atoms. The first-order chi connectivity index (χ1) is 7.25. The van der Waals surface area contributed by atoms with E-state index in [1.54, 1.807) is 12.1 Å². The molecule has 1 aliphatic rings. The zero-order valence-electron chi connectivity index (χ0n) is 8.21. The standard InChI is InChI=1S/C11H12BrFO2/c12-10-7-9(1-2-11(10)13)15-8-3-5-14-6-4-8/h1-2,7-8H,3-6H2. The second kappa shape index (κ2) is 4.94. The number of rotatable bonds is 2. The lowest BCUT2D eigenvalue weighted by Gasteiger charge is -2.23.